The van der Waals surface area contributed by atoms with Crippen molar-refractivity contribution in [3.05, 3.63) is 120 Å². The zero-order valence-corrected chi connectivity index (χ0v) is 53.7. The predicted octanol–water partition coefficient (Wildman–Crippen LogP) is 20.8. The molecule has 0 atom stereocenters. The monoisotopic (exact) mass is 1190 g/mol. The van der Waals surface area contributed by atoms with E-state index in [1.54, 1.807) is 0 Å². The molecule has 0 aliphatic carbocycles. The normalized spacial score (nSPS) is 11.7. The van der Waals surface area contributed by atoms with E-state index in [1.807, 2.05) is 24.3 Å². The molecule has 2 N–H and O–H groups in total. The smallest absolute Gasteiger partial charge is 0.131 e. The summed E-state index contributed by atoms with van der Waals surface area (Å²) in [5.41, 5.74) is 12.6. The van der Waals surface area contributed by atoms with Crippen LogP contribution in [0.25, 0.3) is 90.9 Å². The van der Waals surface area contributed by atoms with Gasteiger partial charge in [0, 0.05) is 44.3 Å². The number of aromatic amines is 2. The van der Waals surface area contributed by atoms with Crippen LogP contribution in [-0.4, -0.2) is 72.8 Å². The van der Waals surface area contributed by atoms with Gasteiger partial charge in [-0.25, -0.2) is 9.97 Å². The zero-order valence-electron chi connectivity index (χ0n) is 53.7. The lowest BCUT2D eigenvalue weighted by molar-refractivity contribution is 0.296. The number of nitrogens with zero attached hydrogens (tertiary/aromatic N) is 2. The highest BCUT2D eigenvalue weighted by molar-refractivity contribution is 6.03. The number of hydrogen-bond donors (Lipinski definition) is 2. The molecule has 9 rings (SSSR count). The van der Waals surface area contributed by atoms with Crippen molar-refractivity contribution in [3.63, 3.8) is 0 Å². The van der Waals surface area contributed by atoms with Crippen molar-refractivity contribution < 1.29 is 37.9 Å². The molecule has 466 valence electrons. The molecule has 2 aliphatic rings. The molecule has 0 radical (unpaired) electrons. The highest BCUT2D eigenvalue weighted by Crippen LogP contribution is 2.50. The largest absolute Gasteiger partial charge is 0.493 e. The highest BCUT2D eigenvalue weighted by Gasteiger charge is 2.28. The van der Waals surface area contributed by atoms with E-state index >= 15 is 0 Å². The van der Waals surface area contributed by atoms with E-state index in [4.69, 9.17) is 47.9 Å². The molecule has 4 aromatic carbocycles. The fourth-order valence-electron chi connectivity index (χ4n) is 10.9. The quantitative estimate of drug-likeness (QED) is 0.0366. The summed E-state index contributed by atoms with van der Waals surface area (Å²) >= 11 is 0. The van der Waals surface area contributed by atoms with Crippen LogP contribution in [0.5, 0.6) is 46.0 Å². The van der Waals surface area contributed by atoms with E-state index in [9.17, 15) is 0 Å². The van der Waals surface area contributed by atoms with Crippen molar-refractivity contribution in [2.75, 3.05) is 52.9 Å². The molecule has 5 heterocycles. The third-order valence-corrected chi connectivity index (χ3v) is 15.7. The fraction of sp³-hybridized carbons (Fsp3) is 0.421. The number of nitrogens with one attached hydrogen (secondary N) is 2. The molecule has 88 heavy (non-hydrogen) atoms. The number of rotatable bonds is 36. The second-order valence-corrected chi connectivity index (χ2v) is 22.6. The lowest BCUT2D eigenvalue weighted by Gasteiger charge is -2.18. The highest BCUT2D eigenvalue weighted by atomic mass is 16.5. The second kappa shape index (κ2) is 33.3. The van der Waals surface area contributed by atoms with E-state index < -0.39 is 0 Å². The predicted molar refractivity (Wildman–Crippen MR) is 364 cm³/mol. The summed E-state index contributed by atoms with van der Waals surface area (Å²) in [5, 5.41) is 0. The van der Waals surface area contributed by atoms with Crippen molar-refractivity contribution in [1.82, 2.24) is 19.9 Å². The average molecular weight is 1190 g/mol. The first kappa shape index (κ1) is 64.4. The Morgan fingerprint density at radius 2 is 0.409 bits per heavy atom. The Morgan fingerprint density at radius 1 is 0.239 bits per heavy atom. The van der Waals surface area contributed by atoms with Crippen molar-refractivity contribution in [2.24, 2.45) is 0 Å². The first-order chi connectivity index (χ1) is 43.4. The maximum atomic E-state index is 6.85. The van der Waals surface area contributed by atoms with Gasteiger partial charge in [0.1, 0.15) is 46.0 Å². The second-order valence-electron chi connectivity index (χ2n) is 22.6. The topological polar surface area (TPSA) is 131 Å². The minimum Gasteiger partial charge on any atom is -0.493 e. The van der Waals surface area contributed by atoms with Crippen LogP contribution in [-0.2, 0) is 0 Å². The molecule has 12 heteroatoms. The van der Waals surface area contributed by atoms with E-state index in [0.717, 1.165) is 169 Å². The maximum Gasteiger partial charge on any atom is 0.131 e. The zero-order chi connectivity index (χ0) is 61.5. The number of fused-ring (bicyclic) bond motifs is 8. The van der Waals surface area contributed by atoms with Gasteiger partial charge >= 0.3 is 0 Å². The van der Waals surface area contributed by atoms with Gasteiger partial charge in [0.2, 0.25) is 0 Å². The third-order valence-electron chi connectivity index (χ3n) is 15.7. The Bertz CT molecular complexity index is 3060. The summed E-state index contributed by atoms with van der Waals surface area (Å²) in [6.07, 6.45) is 23.4. The van der Waals surface area contributed by atoms with Gasteiger partial charge in [-0.2, -0.15) is 0 Å². The van der Waals surface area contributed by atoms with Gasteiger partial charge in [0.15, 0.2) is 0 Å². The standard InChI is InChI=1S/C76H94N4O8/c1-9-17-45-81-61-29-25-30-62(82-46-18-10-2)73(61)69-53-37-39-55(77-53)70(74-63(83-47-19-11-3)31-26-32-64(74)84-48-20-12-4)57-41-43-59(79-57)72(76-67(87-51-23-15-7)35-28-36-68(76)88-52-24-16-8)60-44-42-58(80-60)71(56-40-38-54(69)78-56)75-65(85-49-21-13-5)33-27-34-66(75)86-50-22-14-6/h25-44,77,80H,9-24,45-52H2,1-8H3. The summed E-state index contributed by atoms with van der Waals surface area (Å²) < 4.78 is 54.8. The van der Waals surface area contributed by atoms with E-state index in [0.29, 0.717) is 122 Å². The van der Waals surface area contributed by atoms with Crippen LogP contribution in [0.1, 0.15) is 181 Å². The summed E-state index contributed by atoms with van der Waals surface area (Å²) in [5.74, 6) is 5.67. The molecule has 0 spiro atoms. The maximum absolute atomic E-state index is 6.85. The Hall–Kier alpha value is -8.12. The van der Waals surface area contributed by atoms with Crippen molar-refractivity contribution >= 4 is 46.4 Å². The summed E-state index contributed by atoms with van der Waals surface area (Å²) in [4.78, 5) is 19.7. The van der Waals surface area contributed by atoms with Crippen molar-refractivity contribution in [2.45, 2.75) is 158 Å². The number of H-pyrrole nitrogens is 2. The molecule has 0 unspecified atom stereocenters. The van der Waals surface area contributed by atoms with E-state index in [1.165, 1.54) is 0 Å². The first-order valence-electron chi connectivity index (χ1n) is 33.1. The van der Waals surface area contributed by atoms with Crippen LogP contribution in [0, 0.1) is 0 Å². The van der Waals surface area contributed by atoms with Crippen LogP contribution in [0.2, 0.25) is 0 Å². The summed E-state index contributed by atoms with van der Waals surface area (Å²) in [6, 6.07) is 33.1. The van der Waals surface area contributed by atoms with Crippen LogP contribution >= 0.6 is 0 Å². The molecule has 8 bridgehead atoms. The Kier molecular flexibility index (Phi) is 24.3. The SMILES string of the molecule is CCCCOc1cccc(OCCCC)c1-c1c2nc(c(-c3c(OCCCC)cccc3OCCCC)c3ccc([nH]3)c(-c3c(OCCCC)cccc3OCCCC)c3nc(c(-c4c(OCCCC)cccc4OCCCC)c4ccc1[nH]4)C=C3)C=C2. The molecule has 3 aromatic heterocycles. The molecule has 0 saturated carbocycles. The van der Waals surface area contributed by atoms with Gasteiger partial charge in [0.25, 0.3) is 0 Å². The van der Waals surface area contributed by atoms with Gasteiger partial charge in [-0.1, -0.05) is 131 Å². The van der Waals surface area contributed by atoms with Crippen LogP contribution < -0.4 is 37.9 Å². The molecule has 7 aromatic rings. The molecule has 0 saturated heterocycles. The molecule has 0 amide bonds. The Morgan fingerprint density at radius 3 is 0.568 bits per heavy atom. The molecule has 12 nitrogen and oxygen atoms in total. The number of benzene rings is 4. The van der Waals surface area contributed by atoms with Gasteiger partial charge in [-0.3, -0.25) is 0 Å². The van der Waals surface area contributed by atoms with Gasteiger partial charge in [-0.15, -0.1) is 0 Å². The number of unbranched alkanes of at least 4 members (excludes halogenated alkanes) is 8. The fourth-order valence-corrected chi connectivity index (χ4v) is 10.9. The van der Waals surface area contributed by atoms with E-state index in [-0.39, 0.29) is 0 Å². The summed E-state index contributed by atoms with van der Waals surface area (Å²) in [6.45, 7) is 21.7. The minimum atomic E-state index is 0.535. The van der Waals surface area contributed by atoms with Gasteiger partial charge < -0.3 is 47.9 Å². The lowest BCUT2D eigenvalue weighted by atomic mass is 10.0. The minimum absolute atomic E-state index is 0.535. The van der Waals surface area contributed by atoms with Crippen molar-refractivity contribution in [3.8, 4) is 90.5 Å². The van der Waals surface area contributed by atoms with Gasteiger partial charge in [-0.05, 0) is 148 Å². The molecule has 2 aliphatic heterocycles. The summed E-state index contributed by atoms with van der Waals surface area (Å²) in [7, 11) is 0. The van der Waals surface area contributed by atoms with Crippen LogP contribution in [0.4, 0.5) is 0 Å². The number of hydrogen-bond acceptors (Lipinski definition) is 10. The van der Waals surface area contributed by atoms with Crippen LogP contribution in [0.3, 0.4) is 0 Å². The van der Waals surface area contributed by atoms with Crippen molar-refractivity contribution in [1.29, 1.82) is 0 Å². The lowest BCUT2D eigenvalue weighted by Crippen LogP contribution is -2.04. The van der Waals surface area contributed by atoms with Gasteiger partial charge in [0.05, 0.1) is 97.9 Å². The third kappa shape index (κ3) is 15.6. The number of ether oxygens (including phenoxy) is 8. The molecular formula is C76H94N4O8. The molecule has 0 fully saturated rings. The Balaban J connectivity index is 1.52. The number of aromatic nitrogens is 4. The van der Waals surface area contributed by atoms with Crippen LogP contribution in [0.15, 0.2) is 97.1 Å². The first-order valence-corrected chi connectivity index (χ1v) is 33.1. The average Bonchev–Trinajstić information content (AvgIpc) is 2.76. The Labute approximate surface area is 523 Å². The van der Waals surface area contributed by atoms with E-state index in [2.05, 4.69) is 162 Å². The molecular weight excluding hydrogens is 1100 g/mol.